The maximum atomic E-state index is 11.8. The summed E-state index contributed by atoms with van der Waals surface area (Å²) >= 11 is 0. The van der Waals surface area contributed by atoms with Gasteiger partial charge in [0.2, 0.25) is 0 Å². The Morgan fingerprint density at radius 1 is 1.59 bits per heavy atom. The Balaban J connectivity index is 1.77. The first-order chi connectivity index (χ1) is 8.25. The number of rotatable bonds is 5. The Bertz CT molecular complexity index is 387. The van der Waals surface area contributed by atoms with Gasteiger partial charge in [0, 0.05) is 19.2 Å². The normalized spacial score (nSPS) is 19.5. The number of aryl methyl sites for hydroxylation is 1. The molecule has 92 valence electrons. The standard InChI is InChI=1S/C13H18N2O2/c1-10-14-8-7-12(15-10)13(16)6-2-4-11-5-3-9-17-11/h7-8,11H,2-6,9H2,1H3. The Morgan fingerprint density at radius 2 is 2.47 bits per heavy atom. The van der Waals surface area contributed by atoms with Crippen molar-refractivity contribution in [3.05, 3.63) is 23.8 Å². The van der Waals surface area contributed by atoms with Gasteiger partial charge in [-0.2, -0.15) is 0 Å². The van der Waals surface area contributed by atoms with Crippen molar-refractivity contribution in [1.29, 1.82) is 0 Å². The van der Waals surface area contributed by atoms with Crippen LogP contribution >= 0.6 is 0 Å². The number of hydrogen-bond acceptors (Lipinski definition) is 4. The quantitative estimate of drug-likeness (QED) is 0.734. The smallest absolute Gasteiger partial charge is 0.181 e. The largest absolute Gasteiger partial charge is 0.378 e. The van der Waals surface area contributed by atoms with Gasteiger partial charge in [0.1, 0.15) is 11.5 Å². The summed E-state index contributed by atoms with van der Waals surface area (Å²) in [5.74, 6) is 0.753. The maximum Gasteiger partial charge on any atom is 0.181 e. The molecule has 0 radical (unpaired) electrons. The summed E-state index contributed by atoms with van der Waals surface area (Å²) in [7, 11) is 0. The molecule has 0 amide bonds. The zero-order chi connectivity index (χ0) is 12.1. The van der Waals surface area contributed by atoms with Crippen molar-refractivity contribution in [2.75, 3.05) is 6.61 Å². The number of hydrogen-bond donors (Lipinski definition) is 0. The highest BCUT2D eigenvalue weighted by atomic mass is 16.5. The molecule has 0 aromatic carbocycles. The van der Waals surface area contributed by atoms with Gasteiger partial charge in [-0.25, -0.2) is 9.97 Å². The monoisotopic (exact) mass is 234 g/mol. The molecular formula is C13H18N2O2. The molecule has 1 aliphatic rings. The predicted octanol–water partition coefficient (Wildman–Crippen LogP) is 2.32. The van der Waals surface area contributed by atoms with Crippen LogP contribution in [0.2, 0.25) is 0 Å². The van der Waals surface area contributed by atoms with E-state index in [2.05, 4.69) is 9.97 Å². The molecule has 17 heavy (non-hydrogen) atoms. The van der Waals surface area contributed by atoms with Crippen molar-refractivity contribution < 1.29 is 9.53 Å². The fraction of sp³-hybridized carbons (Fsp3) is 0.615. The first kappa shape index (κ1) is 12.2. The summed E-state index contributed by atoms with van der Waals surface area (Å²) in [6.45, 7) is 2.67. The number of ketones is 1. The highest BCUT2D eigenvalue weighted by Crippen LogP contribution is 2.18. The highest BCUT2D eigenvalue weighted by Gasteiger charge is 2.16. The van der Waals surface area contributed by atoms with Gasteiger partial charge in [0.25, 0.3) is 0 Å². The van der Waals surface area contributed by atoms with E-state index >= 15 is 0 Å². The zero-order valence-electron chi connectivity index (χ0n) is 10.2. The minimum absolute atomic E-state index is 0.105. The minimum atomic E-state index is 0.105. The van der Waals surface area contributed by atoms with Crippen LogP contribution in [0, 0.1) is 6.92 Å². The van der Waals surface area contributed by atoms with Crippen LogP contribution in [0.1, 0.15) is 48.4 Å². The van der Waals surface area contributed by atoms with Crippen LogP contribution in [0.4, 0.5) is 0 Å². The van der Waals surface area contributed by atoms with Crippen LogP contribution in [-0.2, 0) is 4.74 Å². The fourth-order valence-corrected chi connectivity index (χ4v) is 2.10. The van der Waals surface area contributed by atoms with Crippen molar-refractivity contribution in [3.63, 3.8) is 0 Å². The van der Waals surface area contributed by atoms with Gasteiger partial charge >= 0.3 is 0 Å². The van der Waals surface area contributed by atoms with Crippen molar-refractivity contribution in [2.24, 2.45) is 0 Å². The van der Waals surface area contributed by atoms with Gasteiger partial charge in [0.15, 0.2) is 5.78 Å². The number of Topliss-reactive ketones (excluding diaryl/α,β-unsaturated/α-hetero) is 1. The maximum absolute atomic E-state index is 11.8. The Hall–Kier alpha value is -1.29. The molecular weight excluding hydrogens is 216 g/mol. The molecule has 2 rings (SSSR count). The first-order valence-electron chi connectivity index (χ1n) is 6.20. The molecule has 0 N–H and O–H groups in total. The molecule has 0 saturated carbocycles. The molecule has 2 heterocycles. The van der Waals surface area contributed by atoms with Gasteiger partial charge in [-0.3, -0.25) is 4.79 Å². The molecule has 1 fully saturated rings. The average Bonchev–Trinajstić information content (AvgIpc) is 2.82. The lowest BCUT2D eigenvalue weighted by Crippen LogP contribution is -2.08. The molecule has 1 aromatic heterocycles. The van der Waals surface area contributed by atoms with Crippen LogP contribution in [0.3, 0.4) is 0 Å². The van der Waals surface area contributed by atoms with Crippen molar-refractivity contribution >= 4 is 5.78 Å². The summed E-state index contributed by atoms with van der Waals surface area (Å²) in [6, 6.07) is 1.68. The minimum Gasteiger partial charge on any atom is -0.378 e. The van der Waals surface area contributed by atoms with E-state index < -0.39 is 0 Å². The lowest BCUT2D eigenvalue weighted by molar-refractivity contribution is 0.0919. The lowest BCUT2D eigenvalue weighted by atomic mass is 10.1. The third-order valence-electron chi connectivity index (χ3n) is 3.02. The van der Waals surface area contributed by atoms with E-state index in [9.17, 15) is 4.79 Å². The summed E-state index contributed by atoms with van der Waals surface area (Å²) in [6.07, 6.45) is 6.72. The Kier molecular flexibility index (Phi) is 4.20. The second kappa shape index (κ2) is 5.87. The van der Waals surface area contributed by atoms with Crippen LogP contribution in [-0.4, -0.2) is 28.5 Å². The van der Waals surface area contributed by atoms with E-state index in [4.69, 9.17) is 4.74 Å². The van der Waals surface area contributed by atoms with Gasteiger partial charge < -0.3 is 4.74 Å². The Labute approximate surface area is 101 Å². The molecule has 1 unspecified atom stereocenters. The van der Waals surface area contributed by atoms with Crippen molar-refractivity contribution in [2.45, 2.75) is 45.1 Å². The summed E-state index contributed by atoms with van der Waals surface area (Å²) in [4.78, 5) is 20.0. The van der Waals surface area contributed by atoms with Crippen LogP contribution in [0.25, 0.3) is 0 Å². The molecule has 1 aromatic rings. The number of aromatic nitrogens is 2. The first-order valence-corrected chi connectivity index (χ1v) is 6.20. The van der Waals surface area contributed by atoms with E-state index in [0.717, 1.165) is 32.3 Å². The highest BCUT2D eigenvalue weighted by molar-refractivity contribution is 5.94. The fourth-order valence-electron chi connectivity index (χ4n) is 2.10. The second-order valence-electron chi connectivity index (χ2n) is 4.44. The number of carbonyl (C=O) groups excluding carboxylic acids is 1. The molecule has 0 bridgehead atoms. The van der Waals surface area contributed by atoms with Crippen LogP contribution in [0.15, 0.2) is 12.3 Å². The van der Waals surface area contributed by atoms with Gasteiger partial charge in [0.05, 0.1) is 6.10 Å². The molecule has 0 aliphatic carbocycles. The van der Waals surface area contributed by atoms with E-state index in [1.54, 1.807) is 19.2 Å². The predicted molar refractivity (Wildman–Crippen MR) is 63.9 cm³/mol. The number of nitrogens with zero attached hydrogens (tertiary/aromatic N) is 2. The molecule has 0 spiro atoms. The van der Waals surface area contributed by atoms with E-state index in [1.807, 2.05) is 0 Å². The Morgan fingerprint density at radius 3 is 3.18 bits per heavy atom. The molecule has 1 saturated heterocycles. The van der Waals surface area contributed by atoms with E-state index in [-0.39, 0.29) is 5.78 Å². The average molecular weight is 234 g/mol. The topological polar surface area (TPSA) is 52.1 Å². The lowest BCUT2D eigenvalue weighted by Gasteiger charge is -2.07. The van der Waals surface area contributed by atoms with Gasteiger partial charge in [-0.15, -0.1) is 0 Å². The van der Waals surface area contributed by atoms with Crippen LogP contribution < -0.4 is 0 Å². The third-order valence-corrected chi connectivity index (χ3v) is 3.02. The van der Waals surface area contributed by atoms with Crippen molar-refractivity contribution in [3.8, 4) is 0 Å². The summed E-state index contributed by atoms with van der Waals surface area (Å²) in [5, 5.41) is 0. The van der Waals surface area contributed by atoms with E-state index in [0.29, 0.717) is 24.0 Å². The van der Waals surface area contributed by atoms with Gasteiger partial charge in [-0.1, -0.05) is 0 Å². The molecule has 1 aliphatic heterocycles. The SMILES string of the molecule is Cc1nccc(C(=O)CCCC2CCCO2)n1. The number of carbonyl (C=O) groups is 1. The summed E-state index contributed by atoms with van der Waals surface area (Å²) in [5.41, 5.74) is 0.532. The summed E-state index contributed by atoms with van der Waals surface area (Å²) < 4.78 is 5.52. The third kappa shape index (κ3) is 3.60. The van der Waals surface area contributed by atoms with Gasteiger partial charge in [-0.05, 0) is 38.7 Å². The van der Waals surface area contributed by atoms with Crippen molar-refractivity contribution in [1.82, 2.24) is 9.97 Å². The van der Waals surface area contributed by atoms with Crippen LogP contribution in [0.5, 0.6) is 0 Å². The van der Waals surface area contributed by atoms with E-state index in [1.165, 1.54) is 0 Å². The second-order valence-corrected chi connectivity index (χ2v) is 4.44. The number of ether oxygens (including phenoxy) is 1. The molecule has 4 nitrogen and oxygen atoms in total. The zero-order valence-corrected chi connectivity index (χ0v) is 10.2. The molecule has 4 heteroatoms. The molecule has 1 atom stereocenters.